The van der Waals surface area contributed by atoms with Gasteiger partial charge in [0.1, 0.15) is 11.4 Å². The fourth-order valence-electron chi connectivity index (χ4n) is 3.53. The number of halogens is 1. The third-order valence-corrected chi connectivity index (χ3v) is 5.20. The highest BCUT2D eigenvalue weighted by Gasteiger charge is 2.24. The minimum atomic E-state index is -0.495. The van der Waals surface area contributed by atoms with E-state index in [4.69, 9.17) is 0 Å². The molecule has 0 atom stereocenters. The molecular formula is C21H21FN4O2. The Kier molecular flexibility index (Phi) is 5.16. The molecule has 0 saturated carbocycles. The van der Waals surface area contributed by atoms with Crippen LogP contribution in [-0.4, -0.2) is 58.4 Å². The van der Waals surface area contributed by atoms with Crippen molar-refractivity contribution in [3.63, 3.8) is 0 Å². The maximum atomic E-state index is 13.5. The second kappa shape index (κ2) is 7.90. The Bertz CT molecular complexity index is 1040. The van der Waals surface area contributed by atoms with Crippen molar-refractivity contribution in [2.75, 3.05) is 32.7 Å². The number of fused-ring (bicyclic) bond motifs is 1. The number of carbonyl (C=O) groups excluding carboxylic acids is 1. The van der Waals surface area contributed by atoms with Crippen molar-refractivity contribution in [3.8, 4) is 0 Å². The summed E-state index contributed by atoms with van der Waals surface area (Å²) >= 11 is 0. The number of rotatable bonds is 4. The molecule has 1 saturated heterocycles. The van der Waals surface area contributed by atoms with Gasteiger partial charge in [-0.3, -0.25) is 19.5 Å². The summed E-state index contributed by atoms with van der Waals surface area (Å²) in [6, 6.07) is 7.97. The highest BCUT2D eigenvalue weighted by molar-refractivity contribution is 5.97. The minimum absolute atomic E-state index is 0.0586. The van der Waals surface area contributed by atoms with E-state index in [1.165, 1.54) is 30.0 Å². The Morgan fingerprint density at radius 2 is 1.86 bits per heavy atom. The molecule has 0 spiro atoms. The quantitative estimate of drug-likeness (QED) is 0.752. The first-order valence-corrected chi connectivity index (χ1v) is 9.33. The van der Waals surface area contributed by atoms with Gasteiger partial charge in [0.2, 0.25) is 5.43 Å². The van der Waals surface area contributed by atoms with E-state index in [0.717, 1.165) is 26.1 Å². The summed E-state index contributed by atoms with van der Waals surface area (Å²) in [4.78, 5) is 36.4. The molecular weight excluding hydrogens is 359 g/mol. The van der Waals surface area contributed by atoms with Crippen LogP contribution in [0, 0.1) is 5.82 Å². The van der Waals surface area contributed by atoms with Crippen LogP contribution in [0.4, 0.5) is 4.39 Å². The van der Waals surface area contributed by atoms with Crippen molar-refractivity contribution in [1.29, 1.82) is 0 Å². The van der Waals surface area contributed by atoms with Crippen LogP contribution in [0.3, 0.4) is 0 Å². The van der Waals surface area contributed by atoms with Crippen molar-refractivity contribution < 1.29 is 9.18 Å². The van der Waals surface area contributed by atoms with Crippen LogP contribution < -0.4 is 5.43 Å². The van der Waals surface area contributed by atoms with Crippen LogP contribution in [0.25, 0.3) is 10.9 Å². The molecule has 1 aliphatic rings. The maximum Gasteiger partial charge on any atom is 0.259 e. The lowest BCUT2D eigenvalue weighted by atomic mass is 10.1. The Morgan fingerprint density at radius 3 is 2.61 bits per heavy atom. The Balaban J connectivity index is 1.41. The van der Waals surface area contributed by atoms with Crippen molar-refractivity contribution in [1.82, 2.24) is 19.8 Å². The zero-order valence-electron chi connectivity index (χ0n) is 15.4. The number of nitrogens with zero attached hydrogens (tertiary/aromatic N) is 3. The van der Waals surface area contributed by atoms with Gasteiger partial charge in [-0.05, 0) is 42.3 Å². The van der Waals surface area contributed by atoms with Crippen molar-refractivity contribution >= 4 is 16.8 Å². The minimum Gasteiger partial charge on any atom is -0.360 e. The summed E-state index contributed by atoms with van der Waals surface area (Å²) in [5, 5.41) is 0.196. The number of hydrogen-bond acceptors (Lipinski definition) is 4. The van der Waals surface area contributed by atoms with E-state index in [-0.39, 0.29) is 16.9 Å². The highest BCUT2D eigenvalue weighted by atomic mass is 19.1. The molecule has 0 unspecified atom stereocenters. The van der Waals surface area contributed by atoms with Crippen LogP contribution in [-0.2, 0) is 6.42 Å². The van der Waals surface area contributed by atoms with Crippen LogP contribution in [0.1, 0.15) is 15.9 Å². The Hall–Kier alpha value is -3.06. The van der Waals surface area contributed by atoms with Gasteiger partial charge in [0.05, 0.1) is 0 Å². The SMILES string of the molecule is O=C(c1c[nH]c2ccc(F)cc2c1=O)N1CCN(CCc2ccncc2)CC1. The van der Waals surface area contributed by atoms with E-state index in [1.807, 2.05) is 12.1 Å². The topological polar surface area (TPSA) is 69.3 Å². The van der Waals surface area contributed by atoms with E-state index < -0.39 is 11.2 Å². The lowest BCUT2D eigenvalue weighted by molar-refractivity contribution is 0.0637. The number of piperazine rings is 1. The summed E-state index contributed by atoms with van der Waals surface area (Å²) in [6.45, 7) is 3.57. The summed E-state index contributed by atoms with van der Waals surface area (Å²) in [5.74, 6) is -0.799. The second-order valence-corrected chi connectivity index (χ2v) is 6.96. The highest BCUT2D eigenvalue weighted by Crippen LogP contribution is 2.12. The van der Waals surface area contributed by atoms with E-state index in [1.54, 1.807) is 17.3 Å². The predicted molar refractivity (Wildman–Crippen MR) is 105 cm³/mol. The molecule has 144 valence electrons. The molecule has 2 aromatic heterocycles. The zero-order valence-corrected chi connectivity index (χ0v) is 15.4. The Labute approximate surface area is 161 Å². The van der Waals surface area contributed by atoms with Crippen molar-refractivity contribution in [3.05, 3.63) is 76.1 Å². The molecule has 0 bridgehead atoms. The number of H-pyrrole nitrogens is 1. The van der Waals surface area contributed by atoms with Crippen LogP contribution in [0.5, 0.6) is 0 Å². The molecule has 4 rings (SSSR count). The third kappa shape index (κ3) is 3.80. The maximum absolute atomic E-state index is 13.5. The van der Waals surface area contributed by atoms with E-state index in [2.05, 4.69) is 14.9 Å². The van der Waals surface area contributed by atoms with E-state index >= 15 is 0 Å². The summed E-state index contributed by atoms with van der Waals surface area (Å²) < 4.78 is 13.5. The summed E-state index contributed by atoms with van der Waals surface area (Å²) in [7, 11) is 0. The monoisotopic (exact) mass is 380 g/mol. The number of benzene rings is 1. The van der Waals surface area contributed by atoms with Crippen LogP contribution in [0.2, 0.25) is 0 Å². The number of carbonyl (C=O) groups is 1. The van der Waals surface area contributed by atoms with Crippen LogP contribution >= 0.6 is 0 Å². The molecule has 1 aliphatic heterocycles. The average molecular weight is 380 g/mol. The standard InChI is InChI=1S/C21H21FN4O2/c22-16-1-2-19-17(13-16)20(27)18(14-24-19)21(28)26-11-9-25(10-12-26)8-5-15-3-6-23-7-4-15/h1-4,6-7,13-14H,5,8-12H2,(H,24,27). The molecule has 0 radical (unpaired) electrons. The van der Waals surface area contributed by atoms with Gasteiger partial charge in [0, 0.05) is 62.2 Å². The molecule has 6 nitrogen and oxygen atoms in total. The molecule has 3 heterocycles. The number of nitrogens with one attached hydrogen (secondary N) is 1. The molecule has 1 N–H and O–H groups in total. The first-order chi connectivity index (χ1) is 13.6. The van der Waals surface area contributed by atoms with E-state index in [0.29, 0.717) is 18.6 Å². The molecule has 1 amide bonds. The molecule has 1 fully saturated rings. The van der Waals surface area contributed by atoms with Gasteiger partial charge >= 0.3 is 0 Å². The number of hydrogen-bond donors (Lipinski definition) is 1. The lowest BCUT2D eigenvalue weighted by Gasteiger charge is -2.34. The predicted octanol–water partition coefficient (Wildman–Crippen LogP) is 2.06. The van der Waals surface area contributed by atoms with Gasteiger partial charge in [0.25, 0.3) is 5.91 Å². The Morgan fingerprint density at radius 1 is 1.11 bits per heavy atom. The van der Waals surface area contributed by atoms with Gasteiger partial charge in [0.15, 0.2) is 0 Å². The zero-order chi connectivity index (χ0) is 19.5. The van der Waals surface area contributed by atoms with Gasteiger partial charge in [-0.1, -0.05) is 0 Å². The van der Waals surface area contributed by atoms with Crippen molar-refractivity contribution in [2.24, 2.45) is 0 Å². The first kappa shape index (κ1) is 18.3. The van der Waals surface area contributed by atoms with Gasteiger partial charge < -0.3 is 9.88 Å². The lowest BCUT2D eigenvalue weighted by Crippen LogP contribution is -2.49. The molecule has 1 aromatic carbocycles. The number of aromatic amines is 1. The smallest absolute Gasteiger partial charge is 0.259 e. The number of pyridine rings is 2. The molecule has 0 aliphatic carbocycles. The van der Waals surface area contributed by atoms with Crippen LogP contribution in [0.15, 0.2) is 53.7 Å². The average Bonchev–Trinajstić information content (AvgIpc) is 2.74. The normalized spacial score (nSPS) is 15.1. The summed E-state index contributed by atoms with van der Waals surface area (Å²) in [6.07, 6.45) is 5.95. The van der Waals surface area contributed by atoms with Gasteiger partial charge in [-0.15, -0.1) is 0 Å². The molecule has 28 heavy (non-hydrogen) atoms. The largest absolute Gasteiger partial charge is 0.360 e. The number of aromatic nitrogens is 2. The van der Waals surface area contributed by atoms with Gasteiger partial charge in [-0.2, -0.15) is 0 Å². The molecule has 7 heteroatoms. The van der Waals surface area contributed by atoms with E-state index in [9.17, 15) is 14.0 Å². The fraction of sp³-hybridized carbons (Fsp3) is 0.286. The third-order valence-electron chi connectivity index (χ3n) is 5.20. The fourth-order valence-corrected chi connectivity index (χ4v) is 3.53. The molecule has 3 aromatic rings. The summed E-state index contributed by atoms with van der Waals surface area (Å²) in [5.41, 5.74) is 1.38. The second-order valence-electron chi connectivity index (χ2n) is 6.96. The number of amides is 1. The van der Waals surface area contributed by atoms with Gasteiger partial charge in [-0.25, -0.2) is 4.39 Å². The first-order valence-electron chi connectivity index (χ1n) is 9.33. The van der Waals surface area contributed by atoms with Crippen molar-refractivity contribution in [2.45, 2.75) is 6.42 Å².